The smallest absolute Gasteiger partial charge is 0.0206 e. The van der Waals surface area contributed by atoms with Crippen LogP contribution in [0, 0.1) is 5.41 Å². The van der Waals surface area contributed by atoms with E-state index in [-0.39, 0.29) is 5.54 Å². The second-order valence-electron chi connectivity index (χ2n) is 5.70. The minimum atomic E-state index is 0.125. The van der Waals surface area contributed by atoms with Crippen molar-refractivity contribution in [1.82, 2.24) is 0 Å². The van der Waals surface area contributed by atoms with E-state index >= 15 is 0 Å². The van der Waals surface area contributed by atoms with Gasteiger partial charge in [0.05, 0.1) is 0 Å². The van der Waals surface area contributed by atoms with Crippen LogP contribution in [0.3, 0.4) is 0 Å². The molecule has 84 valence electrons. The molecule has 2 N–H and O–H groups in total. The molecule has 0 aromatic rings. The highest BCUT2D eigenvalue weighted by atomic mass is 14.8. The molecule has 0 amide bonds. The average Bonchev–Trinajstić information content (AvgIpc) is 2.11. The molecule has 1 heteroatoms. The van der Waals surface area contributed by atoms with Crippen LogP contribution in [-0.2, 0) is 0 Å². The summed E-state index contributed by atoms with van der Waals surface area (Å²) >= 11 is 0. The molecule has 1 saturated carbocycles. The highest BCUT2D eigenvalue weighted by Gasteiger charge is 2.42. The third-order valence-electron chi connectivity index (χ3n) is 4.25. The molecule has 1 fully saturated rings. The maximum atomic E-state index is 6.58. The standard InChI is InChI=1S/C13H27N/c1-4-5-6-10-13(14)11-8-7-9-12(13,2)3/h4-11,14H2,1-3H3. The van der Waals surface area contributed by atoms with Crippen LogP contribution >= 0.6 is 0 Å². The van der Waals surface area contributed by atoms with Crippen molar-refractivity contribution in [2.45, 2.75) is 77.7 Å². The van der Waals surface area contributed by atoms with Gasteiger partial charge in [0.1, 0.15) is 0 Å². The largest absolute Gasteiger partial charge is 0.325 e. The molecule has 1 aliphatic rings. The molecule has 1 rings (SSSR count). The lowest BCUT2D eigenvalue weighted by atomic mass is 9.62. The summed E-state index contributed by atoms with van der Waals surface area (Å²) in [5, 5.41) is 0. The monoisotopic (exact) mass is 197 g/mol. The number of hydrogen-bond acceptors (Lipinski definition) is 1. The normalized spacial score (nSPS) is 31.7. The Kier molecular flexibility index (Phi) is 4.00. The van der Waals surface area contributed by atoms with Crippen molar-refractivity contribution in [1.29, 1.82) is 0 Å². The lowest BCUT2D eigenvalue weighted by molar-refractivity contribution is 0.0881. The SMILES string of the molecule is CCCCCC1(N)CCCCC1(C)C. The number of hydrogen-bond donors (Lipinski definition) is 1. The van der Waals surface area contributed by atoms with Crippen LogP contribution in [0.2, 0.25) is 0 Å². The van der Waals surface area contributed by atoms with Gasteiger partial charge >= 0.3 is 0 Å². The Morgan fingerprint density at radius 3 is 2.29 bits per heavy atom. The van der Waals surface area contributed by atoms with Crippen LogP contribution in [-0.4, -0.2) is 5.54 Å². The van der Waals surface area contributed by atoms with Gasteiger partial charge in [-0.15, -0.1) is 0 Å². The van der Waals surface area contributed by atoms with E-state index in [9.17, 15) is 0 Å². The second kappa shape index (κ2) is 4.65. The van der Waals surface area contributed by atoms with E-state index in [0.29, 0.717) is 5.41 Å². The van der Waals surface area contributed by atoms with Gasteiger partial charge in [-0.2, -0.15) is 0 Å². The Morgan fingerprint density at radius 2 is 1.71 bits per heavy atom. The molecule has 1 aliphatic carbocycles. The van der Waals surface area contributed by atoms with E-state index in [1.807, 2.05) is 0 Å². The molecule has 14 heavy (non-hydrogen) atoms. The fraction of sp³-hybridized carbons (Fsp3) is 1.00. The van der Waals surface area contributed by atoms with Gasteiger partial charge in [0.2, 0.25) is 0 Å². The summed E-state index contributed by atoms with van der Waals surface area (Å²) in [6, 6.07) is 0. The van der Waals surface area contributed by atoms with Gasteiger partial charge in [0, 0.05) is 5.54 Å². The second-order valence-corrected chi connectivity index (χ2v) is 5.70. The third-order valence-corrected chi connectivity index (χ3v) is 4.25. The molecular formula is C13H27N. The minimum Gasteiger partial charge on any atom is -0.325 e. The van der Waals surface area contributed by atoms with Crippen molar-refractivity contribution >= 4 is 0 Å². The van der Waals surface area contributed by atoms with E-state index < -0.39 is 0 Å². The number of nitrogens with two attached hydrogens (primary N) is 1. The predicted molar refractivity (Wildman–Crippen MR) is 63.3 cm³/mol. The van der Waals surface area contributed by atoms with Crippen molar-refractivity contribution in [3.05, 3.63) is 0 Å². The van der Waals surface area contributed by atoms with Gasteiger partial charge < -0.3 is 5.73 Å². The Hall–Kier alpha value is -0.0400. The first-order chi connectivity index (χ1) is 6.52. The summed E-state index contributed by atoms with van der Waals surface area (Å²) in [6.07, 6.45) is 10.5. The van der Waals surface area contributed by atoms with Crippen LogP contribution in [0.4, 0.5) is 0 Å². The quantitative estimate of drug-likeness (QED) is 0.680. The molecule has 0 heterocycles. The molecular weight excluding hydrogens is 170 g/mol. The summed E-state index contributed by atoms with van der Waals surface area (Å²) in [5.74, 6) is 0. The maximum Gasteiger partial charge on any atom is 0.0206 e. The van der Waals surface area contributed by atoms with Crippen molar-refractivity contribution in [3.63, 3.8) is 0 Å². The van der Waals surface area contributed by atoms with E-state index in [1.54, 1.807) is 0 Å². The van der Waals surface area contributed by atoms with Gasteiger partial charge in [-0.3, -0.25) is 0 Å². The Bertz CT molecular complexity index is 174. The number of rotatable bonds is 4. The summed E-state index contributed by atoms with van der Waals surface area (Å²) in [5.41, 5.74) is 7.06. The van der Waals surface area contributed by atoms with Crippen LogP contribution in [0.15, 0.2) is 0 Å². The van der Waals surface area contributed by atoms with Crippen LogP contribution < -0.4 is 5.73 Å². The Balaban J connectivity index is 2.51. The van der Waals surface area contributed by atoms with Gasteiger partial charge in [-0.05, 0) is 24.7 Å². The molecule has 0 aliphatic heterocycles. The molecule has 0 bridgehead atoms. The van der Waals surface area contributed by atoms with Crippen LogP contribution in [0.25, 0.3) is 0 Å². The summed E-state index contributed by atoms with van der Waals surface area (Å²) in [7, 11) is 0. The fourth-order valence-corrected chi connectivity index (χ4v) is 2.75. The molecule has 0 aromatic carbocycles. The molecule has 1 unspecified atom stereocenters. The first-order valence-corrected chi connectivity index (χ1v) is 6.31. The lowest BCUT2D eigenvalue weighted by Gasteiger charge is -2.48. The highest BCUT2D eigenvalue weighted by Crippen LogP contribution is 2.44. The number of unbranched alkanes of at least 4 members (excludes halogenated alkanes) is 2. The molecule has 1 nitrogen and oxygen atoms in total. The maximum absolute atomic E-state index is 6.58. The minimum absolute atomic E-state index is 0.125. The zero-order valence-corrected chi connectivity index (χ0v) is 10.2. The van der Waals surface area contributed by atoms with Crippen LogP contribution in [0.5, 0.6) is 0 Å². The zero-order chi connectivity index (χ0) is 10.7. The average molecular weight is 197 g/mol. The Labute approximate surface area is 89.5 Å². The van der Waals surface area contributed by atoms with E-state index in [0.717, 1.165) is 0 Å². The summed E-state index contributed by atoms with van der Waals surface area (Å²) in [6.45, 7) is 6.98. The summed E-state index contributed by atoms with van der Waals surface area (Å²) in [4.78, 5) is 0. The van der Waals surface area contributed by atoms with E-state index in [2.05, 4.69) is 20.8 Å². The lowest BCUT2D eigenvalue weighted by Crippen LogP contribution is -2.54. The topological polar surface area (TPSA) is 26.0 Å². The molecule has 1 atom stereocenters. The summed E-state index contributed by atoms with van der Waals surface area (Å²) < 4.78 is 0. The molecule has 0 spiro atoms. The van der Waals surface area contributed by atoms with Gasteiger partial charge in [0.15, 0.2) is 0 Å². The molecule has 0 aromatic heterocycles. The van der Waals surface area contributed by atoms with E-state index in [4.69, 9.17) is 5.73 Å². The first-order valence-electron chi connectivity index (χ1n) is 6.31. The highest BCUT2D eigenvalue weighted by molar-refractivity contribution is 4.99. The van der Waals surface area contributed by atoms with Crippen molar-refractivity contribution < 1.29 is 0 Å². The molecule has 0 saturated heterocycles. The fourth-order valence-electron chi connectivity index (χ4n) is 2.75. The van der Waals surface area contributed by atoms with Crippen molar-refractivity contribution in [2.75, 3.05) is 0 Å². The van der Waals surface area contributed by atoms with Crippen molar-refractivity contribution in [2.24, 2.45) is 11.1 Å². The zero-order valence-electron chi connectivity index (χ0n) is 10.2. The van der Waals surface area contributed by atoms with Crippen LogP contribution in [0.1, 0.15) is 72.1 Å². The van der Waals surface area contributed by atoms with Gasteiger partial charge in [-0.25, -0.2) is 0 Å². The van der Waals surface area contributed by atoms with Crippen molar-refractivity contribution in [3.8, 4) is 0 Å². The third kappa shape index (κ3) is 2.50. The Morgan fingerprint density at radius 1 is 1.07 bits per heavy atom. The molecule has 0 radical (unpaired) electrons. The predicted octanol–water partition coefficient (Wildman–Crippen LogP) is 3.86. The van der Waals surface area contributed by atoms with E-state index in [1.165, 1.54) is 51.4 Å². The first kappa shape index (κ1) is 12.0. The van der Waals surface area contributed by atoms with Gasteiger partial charge in [-0.1, -0.05) is 52.9 Å². The van der Waals surface area contributed by atoms with Gasteiger partial charge in [0.25, 0.3) is 0 Å².